The maximum absolute atomic E-state index is 11.4. The Kier molecular flexibility index (Phi) is 3.82. The molecule has 0 aliphatic heterocycles. The molecule has 0 unspecified atom stereocenters. The van der Waals surface area contributed by atoms with Crippen molar-refractivity contribution in [2.45, 2.75) is 18.6 Å². The van der Waals surface area contributed by atoms with E-state index >= 15 is 0 Å². The Morgan fingerprint density at radius 1 is 1.26 bits per heavy atom. The molecule has 0 aliphatic rings. The van der Waals surface area contributed by atoms with Crippen molar-refractivity contribution in [3.63, 3.8) is 0 Å². The van der Waals surface area contributed by atoms with Gasteiger partial charge in [-0.2, -0.15) is 0 Å². The second kappa shape index (κ2) is 5.09. The topological polar surface area (TPSA) is 90.9 Å². The van der Waals surface area contributed by atoms with Gasteiger partial charge in [0, 0.05) is 6.54 Å². The van der Waals surface area contributed by atoms with Gasteiger partial charge in [-0.15, -0.1) is 10.2 Å². The summed E-state index contributed by atoms with van der Waals surface area (Å²) in [5.41, 5.74) is 0.426. The average Bonchev–Trinajstić information content (AvgIpc) is 2.72. The van der Waals surface area contributed by atoms with Crippen LogP contribution in [0.15, 0.2) is 23.4 Å². The van der Waals surface area contributed by atoms with Gasteiger partial charge in [-0.3, -0.25) is 4.57 Å². The second-order valence-corrected chi connectivity index (χ2v) is 5.96. The molecule has 0 atom stereocenters. The van der Waals surface area contributed by atoms with Crippen LogP contribution < -0.4 is 5.14 Å². The van der Waals surface area contributed by atoms with E-state index in [1.807, 2.05) is 0 Å². The van der Waals surface area contributed by atoms with E-state index in [2.05, 4.69) is 10.2 Å². The van der Waals surface area contributed by atoms with Gasteiger partial charge in [0.05, 0.1) is 15.6 Å². The zero-order chi connectivity index (χ0) is 14.2. The molecule has 1 aromatic heterocycles. The van der Waals surface area contributed by atoms with Crippen LogP contribution in [0.1, 0.15) is 6.92 Å². The summed E-state index contributed by atoms with van der Waals surface area (Å²) in [5, 5.41) is 12.9. The number of halogens is 2. The van der Waals surface area contributed by atoms with E-state index in [-0.39, 0.29) is 11.0 Å². The van der Waals surface area contributed by atoms with Crippen LogP contribution in [-0.2, 0) is 16.6 Å². The molecule has 0 radical (unpaired) electrons. The van der Waals surface area contributed by atoms with Crippen LogP contribution in [0.25, 0.3) is 11.4 Å². The van der Waals surface area contributed by atoms with E-state index < -0.39 is 10.0 Å². The Bertz CT molecular complexity index is 707. The van der Waals surface area contributed by atoms with E-state index in [1.165, 1.54) is 4.57 Å². The fourth-order valence-electron chi connectivity index (χ4n) is 1.68. The third-order valence-corrected chi connectivity index (χ3v) is 3.91. The number of primary sulfonamides is 1. The molecule has 1 heterocycles. The fraction of sp³-hybridized carbons (Fsp3) is 0.200. The lowest BCUT2D eigenvalue weighted by molar-refractivity contribution is 0.571. The molecular formula is C10H10Cl2N4O2S. The molecule has 2 N–H and O–H groups in total. The number of rotatable bonds is 3. The summed E-state index contributed by atoms with van der Waals surface area (Å²) in [6, 6.07) is 4.95. The third kappa shape index (κ3) is 2.59. The first-order valence-corrected chi connectivity index (χ1v) is 7.57. The van der Waals surface area contributed by atoms with Gasteiger partial charge in [-0.25, -0.2) is 13.6 Å². The standard InChI is InChI=1S/C10H10Cl2N4O2S/c1-2-16-9(14-15-10(16)19(13,17)18)8-6(11)4-3-5-7(8)12/h3-5H,2H2,1H3,(H2,13,17,18). The highest BCUT2D eigenvalue weighted by atomic mass is 35.5. The third-order valence-electron chi connectivity index (χ3n) is 2.47. The number of benzene rings is 1. The molecule has 0 aliphatic carbocycles. The summed E-state index contributed by atoms with van der Waals surface area (Å²) in [6.07, 6.45) is 0. The van der Waals surface area contributed by atoms with E-state index in [4.69, 9.17) is 28.3 Å². The smallest absolute Gasteiger partial charge is 0.273 e. The molecule has 0 fully saturated rings. The van der Waals surface area contributed by atoms with Gasteiger partial charge in [0.15, 0.2) is 5.82 Å². The van der Waals surface area contributed by atoms with Crippen LogP contribution in [0.4, 0.5) is 0 Å². The SMILES string of the molecule is CCn1c(-c2c(Cl)cccc2Cl)nnc1S(N)(=O)=O. The van der Waals surface area contributed by atoms with Gasteiger partial charge in [0.2, 0.25) is 0 Å². The molecule has 0 spiro atoms. The van der Waals surface area contributed by atoms with Crippen LogP contribution in [0.2, 0.25) is 10.0 Å². The van der Waals surface area contributed by atoms with Crippen molar-refractivity contribution in [1.82, 2.24) is 14.8 Å². The monoisotopic (exact) mass is 320 g/mol. The molecular weight excluding hydrogens is 311 g/mol. The molecule has 2 rings (SSSR count). The van der Waals surface area contributed by atoms with Crippen molar-refractivity contribution in [2.75, 3.05) is 0 Å². The van der Waals surface area contributed by atoms with Crippen molar-refractivity contribution in [2.24, 2.45) is 5.14 Å². The molecule has 6 nitrogen and oxygen atoms in total. The average molecular weight is 321 g/mol. The highest BCUT2D eigenvalue weighted by molar-refractivity contribution is 7.89. The maximum Gasteiger partial charge on any atom is 0.273 e. The number of nitrogens with zero attached hydrogens (tertiary/aromatic N) is 3. The van der Waals surface area contributed by atoms with Crippen molar-refractivity contribution in [1.29, 1.82) is 0 Å². The van der Waals surface area contributed by atoms with Gasteiger partial charge in [0.25, 0.3) is 15.2 Å². The van der Waals surface area contributed by atoms with Gasteiger partial charge in [-0.1, -0.05) is 29.3 Å². The van der Waals surface area contributed by atoms with Crippen molar-refractivity contribution in [3.8, 4) is 11.4 Å². The number of nitrogens with two attached hydrogens (primary N) is 1. The highest BCUT2D eigenvalue weighted by Crippen LogP contribution is 2.34. The minimum atomic E-state index is -3.96. The van der Waals surface area contributed by atoms with E-state index in [0.29, 0.717) is 22.2 Å². The minimum Gasteiger partial charge on any atom is -0.297 e. The van der Waals surface area contributed by atoms with Crippen LogP contribution in [0.5, 0.6) is 0 Å². The first-order valence-electron chi connectivity index (χ1n) is 5.26. The zero-order valence-corrected chi connectivity index (χ0v) is 12.2. The molecule has 0 amide bonds. The first-order chi connectivity index (χ1) is 8.86. The van der Waals surface area contributed by atoms with Crippen LogP contribution in [0, 0.1) is 0 Å². The Labute approximate surface area is 120 Å². The fourth-order valence-corrected chi connectivity index (χ4v) is 2.92. The van der Waals surface area contributed by atoms with E-state index in [9.17, 15) is 8.42 Å². The maximum atomic E-state index is 11.4. The van der Waals surface area contributed by atoms with Gasteiger partial charge in [-0.05, 0) is 19.1 Å². The highest BCUT2D eigenvalue weighted by Gasteiger charge is 2.23. The molecule has 0 saturated carbocycles. The summed E-state index contributed by atoms with van der Waals surface area (Å²) in [5.74, 6) is 0.266. The van der Waals surface area contributed by atoms with E-state index in [1.54, 1.807) is 25.1 Å². The molecule has 1 aromatic carbocycles. The Balaban J connectivity index is 2.75. The minimum absolute atomic E-state index is 0.266. The molecule has 2 aromatic rings. The number of aromatic nitrogens is 3. The largest absolute Gasteiger partial charge is 0.297 e. The van der Waals surface area contributed by atoms with Gasteiger partial charge >= 0.3 is 0 Å². The van der Waals surface area contributed by atoms with Gasteiger partial charge < -0.3 is 0 Å². The quantitative estimate of drug-likeness (QED) is 0.935. The Hall–Kier alpha value is -1.15. The normalized spacial score (nSPS) is 11.8. The van der Waals surface area contributed by atoms with Crippen molar-refractivity contribution < 1.29 is 8.42 Å². The Morgan fingerprint density at radius 2 is 1.84 bits per heavy atom. The van der Waals surface area contributed by atoms with Crippen LogP contribution in [0.3, 0.4) is 0 Å². The molecule has 102 valence electrons. The second-order valence-electron chi connectivity index (χ2n) is 3.69. The number of hydrogen-bond donors (Lipinski definition) is 1. The van der Waals surface area contributed by atoms with Gasteiger partial charge in [0.1, 0.15) is 0 Å². The lowest BCUT2D eigenvalue weighted by atomic mass is 10.2. The Morgan fingerprint density at radius 3 is 2.32 bits per heavy atom. The van der Waals surface area contributed by atoms with Crippen LogP contribution >= 0.6 is 23.2 Å². The summed E-state index contributed by atoms with van der Waals surface area (Å²) < 4.78 is 24.2. The number of sulfonamides is 1. The molecule has 0 bridgehead atoms. The lowest BCUT2D eigenvalue weighted by Gasteiger charge is -2.08. The van der Waals surface area contributed by atoms with Crippen molar-refractivity contribution in [3.05, 3.63) is 28.2 Å². The van der Waals surface area contributed by atoms with Crippen molar-refractivity contribution >= 4 is 33.2 Å². The molecule has 19 heavy (non-hydrogen) atoms. The summed E-state index contributed by atoms with van der Waals surface area (Å²) >= 11 is 12.1. The van der Waals surface area contributed by atoms with E-state index in [0.717, 1.165) is 0 Å². The predicted octanol–water partition coefficient (Wildman–Crippen LogP) is 1.92. The first kappa shape index (κ1) is 14.3. The number of hydrogen-bond acceptors (Lipinski definition) is 4. The summed E-state index contributed by atoms with van der Waals surface area (Å²) in [7, 11) is -3.96. The summed E-state index contributed by atoms with van der Waals surface area (Å²) in [4.78, 5) is 0. The predicted molar refractivity (Wildman–Crippen MR) is 72.5 cm³/mol. The summed E-state index contributed by atoms with van der Waals surface area (Å²) in [6.45, 7) is 2.06. The molecule has 0 saturated heterocycles. The zero-order valence-electron chi connectivity index (χ0n) is 9.84. The molecule has 9 heteroatoms. The lowest BCUT2D eigenvalue weighted by Crippen LogP contribution is -2.18. The van der Waals surface area contributed by atoms with Crippen LogP contribution in [-0.4, -0.2) is 23.2 Å².